The molecule has 38 heavy (non-hydrogen) atoms. The van der Waals surface area contributed by atoms with Crippen LogP contribution in [0.5, 0.6) is 0 Å². The maximum atomic E-state index is 15.2. The van der Waals surface area contributed by atoms with Crippen molar-refractivity contribution in [3.63, 3.8) is 0 Å². The predicted octanol–water partition coefficient (Wildman–Crippen LogP) is 3.71. The number of pyridine rings is 1. The molecule has 0 unspecified atom stereocenters. The minimum atomic E-state index is -0.444. The summed E-state index contributed by atoms with van der Waals surface area (Å²) in [6.07, 6.45) is 5.50. The Balaban J connectivity index is 1.47. The maximum absolute atomic E-state index is 15.2. The fourth-order valence-corrected chi connectivity index (χ4v) is 5.33. The van der Waals surface area contributed by atoms with Gasteiger partial charge in [0.15, 0.2) is 5.78 Å². The molecule has 2 aliphatic rings. The lowest BCUT2D eigenvalue weighted by Crippen LogP contribution is -2.27. The van der Waals surface area contributed by atoms with E-state index in [0.29, 0.717) is 53.2 Å². The highest BCUT2D eigenvalue weighted by atomic mass is 19.1. The standard InChI is InChI=1S/C28H26FN7O2/c1-4-25(38)34-10-9-19(14-34)36-27-20(15(2)37)13-31-28(30)26(27)22(33-36)8-5-17-11-23-24(12-21(17)29)35(16(3)32-23)18-6-7-18/h4,11-13,18-19H,1,6-7,9-10,14H2,2-3H3,(H2,30,31)/t19-/m0/s1. The molecule has 0 bridgehead atoms. The Bertz CT molecular complexity index is 1740. The second kappa shape index (κ2) is 8.80. The number of hydrogen-bond donors (Lipinski definition) is 1. The van der Waals surface area contributed by atoms with Gasteiger partial charge in [0.25, 0.3) is 0 Å². The van der Waals surface area contributed by atoms with Crippen LogP contribution in [0.1, 0.15) is 65.7 Å². The molecule has 1 aliphatic carbocycles. The first-order chi connectivity index (χ1) is 18.3. The number of nitrogens with zero attached hydrogens (tertiary/aromatic N) is 6. The van der Waals surface area contributed by atoms with E-state index in [2.05, 4.69) is 33.0 Å². The number of fused-ring (bicyclic) bond motifs is 2. The molecule has 1 aromatic carbocycles. The molecule has 1 amide bonds. The molecule has 1 aliphatic heterocycles. The molecule has 1 atom stereocenters. The zero-order valence-electron chi connectivity index (χ0n) is 21.2. The van der Waals surface area contributed by atoms with E-state index in [0.717, 1.165) is 24.2 Å². The quantitative estimate of drug-likeness (QED) is 0.254. The van der Waals surface area contributed by atoms with E-state index in [1.807, 2.05) is 6.92 Å². The van der Waals surface area contributed by atoms with E-state index in [4.69, 9.17) is 10.8 Å². The van der Waals surface area contributed by atoms with Gasteiger partial charge in [-0.3, -0.25) is 14.3 Å². The molecule has 192 valence electrons. The van der Waals surface area contributed by atoms with E-state index < -0.39 is 5.82 Å². The van der Waals surface area contributed by atoms with Crippen molar-refractivity contribution in [3.8, 4) is 11.8 Å². The smallest absolute Gasteiger partial charge is 0.246 e. The number of hydrogen-bond acceptors (Lipinski definition) is 6. The Hall–Kier alpha value is -4.52. The molecule has 4 heterocycles. The third kappa shape index (κ3) is 3.82. The lowest BCUT2D eigenvalue weighted by molar-refractivity contribution is -0.125. The molecule has 0 spiro atoms. The number of halogens is 1. The van der Waals surface area contributed by atoms with Crippen LogP contribution in [0.2, 0.25) is 0 Å². The number of carbonyl (C=O) groups is 2. The van der Waals surface area contributed by atoms with Crippen LogP contribution in [0.15, 0.2) is 31.0 Å². The highest BCUT2D eigenvalue weighted by Gasteiger charge is 2.31. The molecule has 2 N–H and O–H groups in total. The number of imidazole rings is 1. The number of nitrogen functional groups attached to an aromatic ring is 1. The third-order valence-electron chi connectivity index (χ3n) is 7.31. The molecule has 9 nitrogen and oxygen atoms in total. The number of rotatable bonds is 4. The Morgan fingerprint density at radius 2 is 2.00 bits per heavy atom. The predicted molar refractivity (Wildman–Crippen MR) is 141 cm³/mol. The van der Waals surface area contributed by atoms with Gasteiger partial charge >= 0.3 is 0 Å². The Labute approximate surface area is 218 Å². The number of Topliss-reactive ketones (excluding diaryl/α,β-unsaturated/α-hetero) is 1. The average molecular weight is 512 g/mol. The van der Waals surface area contributed by atoms with Crippen molar-refractivity contribution in [3.05, 3.63) is 59.4 Å². The van der Waals surface area contributed by atoms with Crippen LogP contribution in [0.25, 0.3) is 21.9 Å². The number of anilines is 1. The summed E-state index contributed by atoms with van der Waals surface area (Å²) in [7, 11) is 0. The molecule has 3 aromatic heterocycles. The first kappa shape index (κ1) is 23.9. The van der Waals surface area contributed by atoms with Gasteiger partial charge in [-0.15, -0.1) is 0 Å². The zero-order valence-corrected chi connectivity index (χ0v) is 21.2. The number of ketones is 1. The molecule has 1 saturated carbocycles. The van der Waals surface area contributed by atoms with Crippen LogP contribution in [-0.2, 0) is 4.79 Å². The number of amides is 1. The molecular weight excluding hydrogens is 485 g/mol. The van der Waals surface area contributed by atoms with Gasteiger partial charge < -0.3 is 15.2 Å². The SMILES string of the molecule is C=CC(=O)N1CC[C@H](n2nc(C#Cc3cc4nc(C)n(C5CC5)c4cc3F)c3c(N)ncc(C(C)=O)c32)C1. The fourth-order valence-electron chi connectivity index (χ4n) is 5.33. The number of aromatic nitrogens is 5. The molecule has 1 saturated heterocycles. The van der Waals surface area contributed by atoms with Gasteiger partial charge in [0.2, 0.25) is 5.91 Å². The van der Waals surface area contributed by atoms with E-state index in [1.54, 1.807) is 15.6 Å². The van der Waals surface area contributed by atoms with Gasteiger partial charge in [-0.25, -0.2) is 14.4 Å². The van der Waals surface area contributed by atoms with E-state index in [9.17, 15) is 9.59 Å². The van der Waals surface area contributed by atoms with Gasteiger partial charge in [-0.1, -0.05) is 12.5 Å². The van der Waals surface area contributed by atoms with Crippen molar-refractivity contribution < 1.29 is 14.0 Å². The largest absolute Gasteiger partial charge is 0.383 e. The van der Waals surface area contributed by atoms with Crippen molar-refractivity contribution in [2.24, 2.45) is 0 Å². The normalized spacial score (nSPS) is 17.1. The highest BCUT2D eigenvalue weighted by molar-refractivity contribution is 6.09. The second-order valence-electron chi connectivity index (χ2n) is 9.89. The fraction of sp³-hybridized carbons (Fsp3) is 0.321. The van der Waals surface area contributed by atoms with E-state index >= 15 is 4.39 Å². The lowest BCUT2D eigenvalue weighted by atomic mass is 10.1. The summed E-state index contributed by atoms with van der Waals surface area (Å²) >= 11 is 0. The minimum Gasteiger partial charge on any atom is -0.383 e. The summed E-state index contributed by atoms with van der Waals surface area (Å²) in [5, 5.41) is 5.16. The number of aryl methyl sites for hydroxylation is 1. The zero-order chi connectivity index (χ0) is 26.7. The molecule has 4 aromatic rings. The van der Waals surface area contributed by atoms with Crippen LogP contribution >= 0.6 is 0 Å². The Morgan fingerprint density at radius 1 is 1.21 bits per heavy atom. The van der Waals surface area contributed by atoms with Crippen LogP contribution < -0.4 is 5.73 Å². The first-order valence-corrected chi connectivity index (χ1v) is 12.6. The van der Waals surface area contributed by atoms with Gasteiger partial charge in [0.05, 0.1) is 39.1 Å². The third-order valence-corrected chi connectivity index (χ3v) is 7.31. The number of benzene rings is 1. The Kier molecular flexibility index (Phi) is 5.52. The van der Waals surface area contributed by atoms with Gasteiger partial charge in [0.1, 0.15) is 23.2 Å². The van der Waals surface area contributed by atoms with E-state index in [1.165, 1.54) is 25.3 Å². The topological polar surface area (TPSA) is 112 Å². The van der Waals surface area contributed by atoms with Crippen LogP contribution in [0.3, 0.4) is 0 Å². The maximum Gasteiger partial charge on any atom is 0.246 e. The van der Waals surface area contributed by atoms with E-state index in [-0.39, 0.29) is 29.1 Å². The molecule has 6 rings (SSSR count). The Morgan fingerprint density at radius 3 is 2.71 bits per heavy atom. The molecule has 2 fully saturated rings. The van der Waals surface area contributed by atoms with Crippen molar-refractivity contribution in [2.75, 3.05) is 18.8 Å². The van der Waals surface area contributed by atoms with Crippen molar-refractivity contribution in [1.29, 1.82) is 0 Å². The van der Waals surface area contributed by atoms with Crippen LogP contribution in [0, 0.1) is 24.6 Å². The minimum absolute atomic E-state index is 0.165. The number of carbonyl (C=O) groups excluding carboxylic acids is 2. The summed E-state index contributed by atoms with van der Waals surface area (Å²) in [6, 6.07) is 3.33. The second-order valence-corrected chi connectivity index (χ2v) is 9.89. The number of likely N-dealkylation sites (tertiary alicyclic amines) is 1. The van der Waals surface area contributed by atoms with Gasteiger partial charge in [-0.05, 0) is 51.2 Å². The molecule has 10 heteroatoms. The van der Waals surface area contributed by atoms with Gasteiger partial charge in [-0.2, -0.15) is 5.10 Å². The average Bonchev–Trinajstić information content (AvgIpc) is 3.32. The first-order valence-electron chi connectivity index (χ1n) is 12.6. The van der Waals surface area contributed by atoms with Crippen LogP contribution in [-0.4, -0.2) is 54.0 Å². The lowest BCUT2D eigenvalue weighted by Gasteiger charge is -2.16. The molecule has 0 radical (unpaired) electrons. The summed E-state index contributed by atoms with van der Waals surface area (Å²) in [5.41, 5.74) is 9.07. The number of nitrogens with two attached hydrogens (primary N) is 1. The summed E-state index contributed by atoms with van der Waals surface area (Å²) in [4.78, 5) is 35.2. The van der Waals surface area contributed by atoms with Crippen LogP contribution in [0.4, 0.5) is 10.2 Å². The summed E-state index contributed by atoms with van der Waals surface area (Å²) < 4.78 is 19.0. The monoisotopic (exact) mass is 511 g/mol. The van der Waals surface area contributed by atoms with Crippen molar-refractivity contribution in [2.45, 2.75) is 45.2 Å². The van der Waals surface area contributed by atoms with Gasteiger partial charge in [0, 0.05) is 31.4 Å². The summed E-state index contributed by atoms with van der Waals surface area (Å²) in [5.74, 6) is 6.11. The van der Waals surface area contributed by atoms with Crippen molar-refractivity contribution in [1.82, 2.24) is 29.2 Å². The summed E-state index contributed by atoms with van der Waals surface area (Å²) in [6.45, 7) is 7.88. The highest BCUT2D eigenvalue weighted by Crippen LogP contribution is 2.39. The molecular formula is C28H26FN7O2. The van der Waals surface area contributed by atoms with Crippen molar-refractivity contribution >= 4 is 39.4 Å².